The van der Waals surface area contributed by atoms with Gasteiger partial charge >= 0.3 is 11.9 Å². The molecule has 1 saturated heterocycles. The van der Waals surface area contributed by atoms with Crippen molar-refractivity contribution in [2.24, 2.45) is 11.8 Å². The monoisotopic (exact) mass is 692 g/mol. The van der Waals surface area contributed by atoms with Gasteiger partial charge in [-0.25, -0.2) is 0 Å². The minimum atomic E-state index is -0.00185. The fourth-order valence-corrected chi connectivity index (χ4v) is 7.81. The van der Waals surface area contributed by atoms with Gasteiger partial charge in [0.2, 0.25) is 0 Å². The Hall–Kier alpha value is -1.10. The van der Waals surface area contributed by atoms with Crippen molar-refractivity contribution in [3.05, 3.63) is 0 Å². The fraction of sp³-hybridized carbons (Fsp3) is 0.955. The van der Waals surface area contributed by atoms with E-state index in [1.165, 1.54) is 154 Å². The smallest absolute Gasteiger partial charge is 0.306 e. The summed E-state index contributed by atoms with van der Waals surface area (Å²) in [4.78, 5) is 27.7. The molecule has 0 aromatic heterocycles. The van der Waals surface area contributed by atoms with E-state index in [1.54, 1.807) is 0 Å². The van der Waals surface area contributed by atoms with E-state index >= 15 is 0 Å². The summed E-state index contributed by atoms with van der Waals surface area (Å²) in [5.41, 5.74) is 0. The Morgan fingerprint density at radius 3 is 1.61 bits per heavy atom. The standard InChI is InChI=1S/C44H85NO4/c1-5-9-12-15-18-21-29-38-48-43(46)34-28-27-30-40-36-37-45(8-4)39-41(40)31-23-22-26-35-44(47)49-42(32-24-19-16-13-10-6-2)33-25-20-17-14-11-7-3/h40-42H,5-39H2,1-4H3. The molecule has 1 fully saturated rings. The first-order chi connectivity index (χ1) is 24.0. The summed E-state index contributed by atoms with van der Waals surface area (Å²) in [6.45, 7) is 13.2. The lowest BCUT2D eigenvalue weighted by Gasteiger charge is -2.38. The highest BCUT2D eigenvalue weighted by atomic mass is 16.5. The predicted octanol–water partition coefficient (Wildman–Crippen LogP) is 13.2. The summed E-state index contributed by atoms with van der Waals surface area (Å²) in [7, 11) is 0. The van der Waals surface area contributed by atoms with Gasteiger partial charge in [-0.15, -0.1) is 0 Å². The number of likely N-dealkylation sites (tertiary alicyclic amines) is 1. The van der Waals surface area contributed by atoms with Gasteiger partial charge in [0.1, 0.15) is 6.10 Å². The summed E-state index contributed by atoms with van der Waals surface area (Å²) >= 11 is 0. The first-order valence-electron chi connectivity index (χ1n) is 22.1. The number of nitrogens with zero attached hydrogens (tertiary/aromatic N) is 1. The van der Waals surface area contributed by atoms with Crippen LogP contribution in [0.5, 0.6) is 0 Å². The molecule has 1 aliphatic rings. The molecular weight excluding hydrogens is 606 g/mol. The lowest BCUT2D eigenvalue weighted by Crippen LogP contribution is -2.40. The molecule has 0 saturated carbocycles. The van der Waals surface area contributed by atoms with Crippen LogP contribution in [0.15, 0.2) is 0 Å². The van der Waals surface area contributed by atoms with Gasteiger partial charge in [0, 0.05) is 19.4 Å². The van der Waals surface area contributed by atoms with Crippen LogP contribution in [0.25, 0.3) is 0 Å². The van der Waals surface area contributed by atoms with Gasteiger partial charge in [0.25, 0.3) is 0 Å². The fourth-order valence-electron chi connectivity index (χ4n) is 7.81. The Morgan fingerprint density at radius 2 is 1.02 bits per heavy atom. The maximum Gasteiger partial charge on any atom is 0.306 e. The van der Waals surface area contributed by atoms with E-state index in [0.29, 0.717) is 19.4 Å². The second-order valence-electron chi connectivity index (χ2n) is 15.6. The van der Waals surface area contributed by atoms with E-state index in [2.05, 4.69) is 32.6 Å². The Labute approximate surface area is 306 Å². The average molecular weight is 692 g/mol. The van der Waals surface area contributed by atoms with Crippen LogP contribution < -0.4 is 0 Å². The van der Waals surface area contributed by atoms with Crippen LogP contribution in [0, 0.1) is 11.8 Å². The Kier molecular flexibility index (Phi) is 31.9. The second-order valence-corrected chi connectivity index (χ2v) is 15.6. The zero-order chi connectivity index (χ0) is 35.6. The third-order valence-electron chi connectivity index (χ3n) is 11.2. The molecule has 0 amide bonds. The first kappa shape index (κ1) is 45.9. The van der Waals surface area contributed by atoms with Crippen molar-refractivity contribution in [1.29, 1.82) is 0 Å². The number of rotatable bonds is 35. The van der Waals surface area contributed by atoms with Gasteiger partial charge in [-0.3, -0.25) is 9.59 Å². The largest absolute Gasteiger partial charge is 0.466 e. The minimum absolute atomic E-state index is 0.00185. The lowest BCUT2D eigenvalue weighted by molar-refractivity contribution is -0.150. The third kappa shape index (κ3) is 27.3. The lowest BCUT2D eigenvalue weighted by atomic mass is 9.79. The van der Waals surface area contributed by atoms with E-state index < -0.39 is 0 Å². The molecule has 5 heteroatoms. The van der Waals surface area contributed by atoms with E-state index in [-0.39, 0.29) is 18.0 Å². The highest BCUT2D eigenvalue weighted by Gasteiger charge is 2.28. The molecule has 1 heterocycles. The molecule has 2 atom stereocenters. The van der Waals surface area contributed by atoms with Crippen molar-refractivity contribution in [3.8, 4) is 0 Å². The molecule has 0 aliphatic carbocycles. The van der Waals surface area contributed by atoms with Crippen molar-refractivity contribution in [3.63, 3.8) is 0 Å². The van der Waals surface area contributed by atoms with Gasteiger partial charge in [-0.05, 0) is 82.7 Å². The van der Waals surface area contributed by atoms with Crippen LogP contribution in [0.3, 0.4) is 0 Å². The number of carbonyl (C=O) groups excluding carboxylic acids is 2. The molecule has 290 valence electrons. The Morgan fingerprint density at radius 1 is 0.551 bits per heavy atom. The molecule has 0 spiro atoms. The minimum Gasteiger partial charge on any atom is -0.466 e. The van der Waals surface area contributed by atoms with Crippen LogP contribution in [0.4, 0.5) is 0 Å². The van der Waals surface area contributed by atoms with Crippen LogP contribution in [0.2, 0.25) is 0 Å². The van der Waals surface area contributed by atoms with Crippen LogP contribution in [-0.2, 0) is 19.1 Å². The molecule has 0 aromatic rings. The highest BCUT2D eigenvalue weighted by Crippen LogP contribution is 2.32. The van der Waals surface area contributed by atoms with Crippen molar-refractivity contribution < 1.29 is 19.1 Å². The number of hydrogen-bond acceptors (Lipinski definition) is 5. The zero-order valence-electron chi connectivity index (χ0n) is 33.6. The number of carbonyl (C=O) groups is 2. The summed E-state index contributed by atoms with van der Waals surface area (Å²) in [5.74, 6) is 1.54. The topological polar surface area (TPSA) is 55.8 Å². The van der Waals surface area contributed by atoms with Crippen molar-refractivity contribution in [2.75, 3.05) is 26.2 Å². The molecule has 0 bridgehead atoms. The second kappa shape index (κ2) is 34.0. The van der Waals surface area contributed by atoms with Gasteiger partial charge in [-0.1, -0.05) is 156 Å². The van der Waals surface area contributed by atoms with Gasteiger partial charge in [-0.2, -0.15) is 0 Å². The zero-order valence-corrected chi connectivity index (χ0v) is 33.6. The van der Waals surface area contributed by atoms with Crippen molar-refractivity contribution in [2.45, 2.75) is 233 Å². The van der Waals surface area contributed by atoms with Gasteiger partial charge < -0.3 is 14.4 Å². The number of ether oxygens (including phenoxy) is 2. The van der Waals surface area contributed by atoms with Gasteiger partial charge in [0.05, 0.1) is 6.61 Å². The quantitative estimate of drug-likeness (QED) is 0.0489. The number of hydrogen-bond donors (Lipinski definition) is 0. The maximum absolute atomic E-state index is 12.9. The molecule has 49 heavy (non-hydrogen) atoms. The molecule has 5 nitrogen and oxygen atoms in total. The molecule has 0 radical (unpaired) electrons. The number of esters is 2. The van der Waals surface area contributed by atoms with E-state index in [9.17, 15) is 9.59 Å². The maximum atomic E-state index is 12.9. The molecule has 0 N–H and O–H groups in total. The molecule has 0 aromatic carbocycles. The van der Waals surface area contributed by atoms with Crippen LogP contribution in [-0.4, -0.2) is 49.2 Å². The number of piperidine rings is 1. The number of unbranched alkanes of at least 4 members (excludes halogenated alkanes) is 19. The molecule has 2 unspecified atom stereocenters. The predicted molar refractivity (Wildman–Crippen MR) is 210 cm³/mol. The summed E-state index contributed by atoms with van der Waals surface area (Å²) < 4.78 is 11.6. The van der Waals surface area contributed by atoms with Crippen LogP contribution in [0.1, 0.15) is 227 Å². The van der Waals surface area contributed by atoms with E-state index in [4.69, 9.17) is 9.47 Å². The molecule has 1 rings (SSSR count). The SMILES string of the molecule is CCCCCCCCCOC(=O)CCCCC1CCN(CC)CC1CCCCCC(=O)OC(CCCCCCCC)CCCCCCCC. The van der Waals surface area contributed by atoms with Crippen molar-refractivity contribution >= 4 is 11.9 Å². The molecular formula is C44H85NO4. The normalized spacial score (nSPS) is 16.8. The average Bonchev–Trinajstić information content (AvgIpc) is 3.10. The summed E-state index contributed by atoms with van der Waals surface area (Å²) in [6, 6.07) is 0. The van der Waals surface area contributed by atoms with Gasteiger partial charge in [0.15, 0.2) is 0 Å². The van der Waals surface area contributed by atoms with E-state index in [1.807, 2.05) is 0 Å². The van der Waals surface area contributed by atoms with E-state index in [0.717, 1.165) is 63.3 Å². The third-order valence-corrected chi connectivity index (χ3v) is 11.2. The summed E-state index contributed by atoms with van der Waals surface area (Å²) in [6.07, 6.45) is 36.7. The molecule has 1 aliphatic heterocycles. The summed E-state index contributed by atoms with van der Waals surface area (Å²) in [5, 5.41) is 0. The van der Waals surface area contributed by atoms with Crippen LogP contribution >= 0.6 is 0 Å². The highest BCUT2D eigenvalue weighted by molar-refractivity contribution is 5.69. The Balaban J connectivity index is 2.30. The first-order valence-corrected chi connectivity index (χ1v) is 22.1. The Bertz CT molecular complexity index is 726. The van der Waals surface area contributed by atoms with Crippen molar-refractivity contribution in [1.82, 2.24) is 4.90 Å².